The summed E-state index contributed by atoms with van der Waals surface area (Å²) in [5, 5.41) is 16.1. The summed E-state index contributed by atoms with van der Waals surface area (Å²) in [4.78, 5) is 46.8. The van der Waals surface area contributed by atoms with E-state index in [-0.39, 0.29) is 38.2 Å². The van der Waals surface area contributed by atoms with E-state index < -0.39 is 53.8 Å². The number of carboxylic acid groups (broad SMARTS) is 1. The Balaban J connectivity index is 0.990. The average molecular weight is 853 g/mol. The largest absolute Gasteiger partial charge is 0.489 e. The van der Waals surface area contributed by atoms with E-state index in [0.29, 0.717) is 17.2 Å². The standard InChI is InChI=1S/C50H46F2N4O7/c1-29-30(2)53-20-19-41(29)34-11-9-32(10-12-34)21-43(49(58)59)55-48(57)44-23-36-24-45-46(25-37(36)26-56(44)50(60)54-31(3)33-7-5-4-6-8-33)63-47(28-62-45)35-13-16-40(17-14-35)61-27-38-22-39(51)15-18-42(38)52/h4-20,22,24-25,31,43-44,47H,21,23,26-28H2,1-3H3,(H,54,60)(H,55,57)(H,58,59). The van der Waals surface area contributed by atoms with Crippen molar-refractivity contribution >= 4 is 17.9 Å². The number of ether oxygens (including phenoxy) is 3. The summed E-state index contributed by atoms with van der Waals surface area (Å²) in [5.74, 6) is -1.52. The van der Waals surface area contributed by atoms with Crippen molar-refractivity contribution in [3.05, 3.63) is 178 Å². The Morgan fingerprint density at radius 2 is 1.63 bits per heavy atom. The van der Waals surface area contributed by atoms with Crippen LogP contribution in [0.3, 0.4) is 0 Å². The van der Waals surface area contributed by atoms with Crippen LogP contribution in [0.4, 0.5) is 13.6 Å². The quantitative estimate of drug-likeness (QED) is 0.111. The van der Waals surface area contributed by atoms with E-state index in [9.17, 15) is 28.3 Å². The summed E-state index contributed by atoms with van der Waals surface area (Å²) in [6, 6.07) is 29.7. The molecule has 0 saturated heterocycles. The number of hydrogen-bond acceptors (Lipinski definition) is 7. The number of nitrogens with zero attached hydrogens (tertiary/aromatic N) is 2. The lowest BCUT2D eigenvalue weighted by Gasteiger charge is -2.38. The molecule has 0 spiro atoms. The van der Waals surface area contributed by atoms with Crippen molar-refractivity contribution in [1.29, 1.82) is 0 Å². The molecular formula is C50H46F2N4O7. The summed E-state index contributed by atoms with van der Waals surface area (Å²) in [6.45, 7) is 5.88. The molecule has 0 radical (unpaired) electrons. The smallest absolute Gasteiger partial charge is 0.326 e. The molecule has 3 heterocycles. The van der Waals surface area contributed by atoms with Crippen LogP contribution in [-0.2, 0) is 35.6 Å². The van der Waals surface area contributed by atoms with Gasteiger partial charge in [-0.2, -0.15) is 0 Å². The molecule has 5 aromatic carbocycles. The number of nitrogens with one attached hydrogen (secondary N) is 2. The fourth-order valence-electron chi connectivity index (χ4n) is 7.93. The van der Waals surface area contributed by atoms with Gasteiger partial charge in [-0.1, -0.05) is 66.7 Å². The summed E-state index contributed by atoms with van der Waals surface area (Å²) >= 11 is 0. The zero-order valence-corrected chi connectivity index (χ0v) is 34.9. The van der Waals surface area contributed by atoms with E-state index >= 15 is 0 Å². The number of carbonyl (C=O) groups is 3. The van der Waals surface area contributed by atoms with Gasteiger partial charge in [0.1, 0.15) is 42.7 Å². The van der Waals surface area contributed by atoms with Crippen molar-refractivity contribution in [3.8, 4) is 28.4 Å². The number of halogens is 2. The van der Waals surface area contributed by atoms with Gasteiger partial charge in [-0.15, -0.1) is 0 Å². The first-order chi connectivity index (χ1) is 30.4. The van der Waals surface area contributed by atoms with Gasteiger partial charge in [-0.25, -0.2) is 18.4 Å². The van der Waals surface area contributed by atoms with Gasteiger partial charge in [0.2, 0.25) is 5.91 Å². The summed E-state index contributed by atoms with van der Waals surface area (Å²) < 4.78 is 46.0. The summed E-state index contributed by atoms with van der Waals surface area (Å²) in [6.07, 6.45) is 1.39. The summed E-state index contributed by atoms with van der Waals surface area (Å²) in [5.41, 5.74) is 7.98. The van der Waals surface area contributed by atoms with Crippen LogP contribution in [-0.4, -0.2) is 51.6 Å². The van der Waals surface area contributed by atoms with E-state index in [2.05, 4.69) is 15.6 Å². The lowest BCUT2D eigenvalue weighted by molar-refractivity contribution is -0.142. The van der Waals surface area contributed by atoms with Crippen LogP contribution in [0.25, 0.3) is 11.1 Å². The number of fused-ring (bicyclic) bond motifs is 2. The van der Waals surface area contributed by atoms with Crippen molar-refractivity contribution in [2.45, 2.75) is 71.0 Å². The van der Waals surface area contributed by atoms with Gasteiger partial charge in [0, 0.05) is 36.8 Å². The number of amides is 3. The number of aromatic nitrogens is 1. The average Bonchev–Trinajstić information content (AvgIpc) is 3.29. The molecule has 0 saturated carbocycles. The minimum Gasteiger partial charge on any atom is -0.489 e. The lowest BCUT2D eigenvalue weighted by Crippen LogP contribution is -2.57. The fourth-order valence-corrected chi connectivity index (χ4v) is 7.93. The first-order valence-electron chi connectivity index (χ1n) is 20.7. The minimum atomic E-state index is -1.27. The van der Waals surface area contributed by atoms with Crippen LogP contribution in [0, 0.1) is 25.5 Å². The van der Waals surface area contributed by atoms with Crippen molar-refractivity contribution in [3.63, 3.8) is 0 Å². The Kier molecular flexibility index (Phi) is 12.4. The van der Waals surface area contributed by atoms with E-state index in [1.807, 2.05) is 106 Å². The maximum absolute atomic E-state index is 14.2. The molecule has 1 aromatic heterocycles. The van der Waals surface area contributed by atoms with E-state index in [1.165, 1.54) is 4.90 Å². The molecule has 0 aliphatic carbocycles. The molecule has 6 aromatic rings. The van der Waals surface area contributed by atoms with Crippen molar-refractivity contribution in [2.75, 3.05) is 6.61 Å². The van der Waals surface area contributed by atoms with Crippen molar-refractivity contribution < 1.29 is 42.5 Å². The highest BCUT2D eigenvalue weighted by molar-refractivity contribution is 5.91. The number of carboxylic acids is 1. The normalized spacial score (nSPS) is 16.3. The molecule has 8 rings (SSSR count). The highest BCUT2D eigenvalue weighted by Gasteiger charge is 2.38. The number of pyridine rings is 1. The Hall–Kier alpha value is -7.28. The van der Waals surface area contributed by atoms with Crippen LogP contribution in [0.5, 0.6) is 17.2 Å². The van der Waals surface area contributed by atoms with Crippen LogP contribution < -0.4 is 24.8 Å². The Morgan fingerprint density at radius 1 is 0.889 bits per heavy atom. The number of carbonyl (C=O) groups excluding carboxylic acids is 2. The number of aryl methyl sites for hydroxylation is 1. The lowest BCUT2D eigenvalue weighted by atomic mass is 9.92. The van der Waals surface area contributed by atoms with Crippen LogP contribution in [0.15, 0.2) is 121 Å². The van der Waals surface area contributed by atoms with E-state index in [1.54, 1.807) is 18.3 Å². The third-order valence-electron chi connectivity index (χ3n) is 11.7. The van der Waals surface area contributed by atoms with Crippen molar-refractivity contribution in [2.24, 2.45) is 0 Å². The molecule has 63 heavy (non-hydrogen) atoms. The Bertz CT molecular complexity index is 2640. The van der Waals surface area contributed by atoms with Gasteiger partial charge in [0.05, 0.1) is 6.04 Å². The van der Waals surface area contributed by atoms with Gasteiger partial charge in [-0.05, 0) is 114 Å². The molecule has 3 amide bonds. The van der Waals surface area contributed by atoms with E-state index in [0.717, 1.165) is 68.4 Å². The molecule has 13 heteroatoms. The van der Waals surface area contributed by atoms with Gasteiger partial charge in [0.25, 0.3) is 0 Å². The fraction of sp³-hybridized carbons (Fsp3) is 0.240. The predicted molar refractivity (Wildman–Crippen MR) is 231 cm³/mol. The molecule has 322 valence electrons. The number of rotatable bonds is 12. The van der Waals surface area contributed by atoms with Crippen molar-refractivity contribution in [1.82, 2.24) is 20.5 Å². The van der Waals surface area contributed by atoms with Gasteiger partial charge in [0.15, 0.2) is 17.6 Å². The minimum absolute atomic E-state index is 0.0285. The van der Waals surface area contributed by atoms with Gasteiger partial charge >= 0.3 is 12.0 Å². The third kappa shape index (κ3) is 9.62. The molecule has 2 aliphatic heterocycles. The second-order valence-corrected chi connectivity index (χ2v) is 15.9. The molecular weight excluding hydrogens is 807 g/mol. The molecule has 4 atom stereocenters. The maximum Gasteiger partial charge on any atom is 0.326 e. The predicted octanol–water partition coefficient (Wildman–Crippen LogP) is 8.74. The highest BCUT2D eigenvalue weighted by atomic mass is 19.1. The van der Waals surface area contributed by atoms with Crippen LogP contribution in [0.2, 0.25) is 0 Å². The SMILES string of the molecule is Cc1nccc(-c2ccc(CC(NC(=O)C3Cc4cc5c(cc4CN3C(=O)NC(C)c3ccccc3)OC(c3ccc(OCc4cc(F)ccc4F)cc3)CO5)C(=O)O)cc2)c1C. The summed E-state index contributed by atoms with van der Waals surface area (Å²) in [7, 11) is 0. The number of aliphatic carboxylic acids is 1. The van der Waals surface area contributed by atoms with Gasteiger partial charge < -0.3 is 34.9 Å². The van der Waals surface area contributed by atoms with E-state index in [4.69, 9.17) is 14.2 Å². The first-order valence-corrected chi connectivity index (χ1v) is 20.7. The van der Waals surface area contributed by atoms with Crippen LogP contribution in [0.1, 0.15) is 63.7 Å². The number of hydrogen-bond donors (Lipinski definition) is 3. The molecule has 4 unspecified atom stereocenters. The zero-order valence-electron chi connectivity index (χ0n) is 34.9. The second-order valence-electron chi connectivity index (χ2n) is 15.9. The molecule has 0 fully saturated rings. The topological polar surface area (TPSA) is 139 Å². The molecule has 0 bridgehead atoms. The zero-order chi connectivity index (χ0) is 44.2. The third-order valence-corrected chi connectivity index (χ3v) is 11.7. The molecule has 11 nitrogen and oxygen atoms in total. The molecule has 2 aliphatic rings. The second kappa shape index (κ2) is 18.4. The first kappa shape index (κ1) is 42.4. The Morgan fingerprint density at radius 3 is 2.38 bits per heavy atom. The Labute approximate surface area is 363 Å². The molecule has 3 N–H and O–H groups in total. The number of benzene rings is 5. The monoisotopic (exact) mass is 852 g/mol. The maximum atomic E-state index is 14.2. The van der Waals surface area contributed by atoms with Crippen LogP contribution >= 0.6 is 0 Å². The highest BCUT2D eigenvalue weighted by Crippen LogP contribution is 2.41. The number of urea groups is 1. The van der Waals surface area contributed by atoms with Gasteiger partial charge in [-0.3, -0.25) is 9.78 Å².